The summed E-state index contributed by atoms with van der Waals surface area (Å²) in [5.41, 5.74) is 21.5. The monoisotopic (exact) mass is 831 g/mol. The molecular weight excluding hydrogens is 787 g/mol. The molecule has 1 unspecified atom stereocenters. The second-order valence-electron chi connectivity index (χ2n) is 18.5. The second kappa shape index (κ2) is 14.0. The molecule has 0 saturated heterocycles. The Kier molecular flexibility index (Phi) is 8.12. The third kappa shape index (κ3) is 5.47. The van der Waals surface area contributed by atoms with Gasteiger partial charge in [0.1, 0.15) is 11.2 Å². The van der Waals surface area contributed by atoms with E-state index in [1.165, 1.54) is 66.6 Å². The summed E-state index contributed by atoms with van der Waals surface area (Å²) >= 11 is 0. The summed E-state index contributed by atoms with van der Waals surface area (Å²) in [4.78, 5) is 2.43. The first-order chi connectivity index (χ1) is 31.9. The summed E-state index contributed by atoms with van der Waals surface area (Å²) in [6.07, 6.45) is 0. The Labute approximate surface area is 379 Å². The molecular formula is C63H45NO. The minimum atomic E-state index is -0.321. The van der Waals surface area contributed by atoms with Gasteiger partial charge >= 0.3 is 0 Å². The molecule has 0 amide bonds. The Bertz CT molecular complexity index is 3690. The molecule has 0 fully saturated rings. The Hall–Kier alpha value is -7.94. The highest BCUT2D eigenvalue weighted by Crippen LogP contribution is 2.55. The van der Waals surface area contributed by atoms with Gasteiger partial charge in [0.2, 0.25) is 0 Å². The van der Waals surface area contributed by atoms with Crippen molar-refractivity contribution in [3.8, 4) is 44.5 Å². The Morgan fingerprint density at radius 3 is 1.72 bits per heavy atom. The van der Waals surface area contributed by atoms with Gasteiger partial charge in [0.15, 0.2) is 0 Å². The predicted octanol–water partition coefficient (Wildman–Crippen LogP) is 17.2. The maximum Gasteiger partial charge on any atom is 0.143 e. The van der Waals surface area contributed by atoms with Crippen LogP contribution in [0.15, 0.2) is 223 Å². The number of rotatable bonds is 6. The van der Waals surface area contributed by atoms with E-state index in [9.17, 15) is 0 Å². The zero-order valence-electron chi connectivity index (χ0n) is 36.6. The van der Waals surface area contributed by atoms with Crippen LogP contribution in [-0.4, -0.2) is 0 Å². The number of anilines is 3. The molecule has 1 atom stereocenters. The van der Waals surface area contributed by atoms with E-state index in [4.69, 9.17) is 4.42 Å². The van der Waals surface area contributed by atoms with Crippen molar-refractivity contribution in [2.45, 2.75) is 31.6 Å². The lowest BCUT2D eigenvalue weighted by molar-refractivity contribution is 0.662. The minimum Gasteiger partial charge on any atom is -0.455 e. The van der Waals surface area contributed by atoms with Crippen LogP contribution in [0.2, 0.25) is 0 Å². The van der Waals surface area contributed by atoms with E-state index >= 15 is 0 Å². The summed E-state index contributed by atoms with van der Waals surface area (Å²) in [7, 11) is 0. The SMILES string of the molecule is CC1(C)c2ccccc2-c2cccc(-c3ccc(N(c4ccc(-c5cccc6oc7c8ccccc8ccc7c56)cc4)c4ccc5c(c4)C(C)(c4ccccc4)c4ccccc4-5)cc3)c21. The van der Waals surface area contributed by atoms with Crippen LogP contribution in [-0.2, 0) is 10.8 Å². The van der Waals surface area contributed by atoms with Crippen molar-refractivity contribution in [1.82, 2.24) is 0 Å². The molecule has 0 spiro atoms. The fraction of sp³-hybridized carbons (Fsp3) is 0.0794. The predicted molar refractivity (Wildman–Crippen MR) is 272 cm³/mol. The first-order valence-corrected chi connectivity index (χ1v) is 22.8. The third-order valence-electron chi connectivity index (χ3n) is 14.7. The number of benzene rings is 10. The van der Waals surface area contributed by atoms with Gasteiger partial charge in [-0.2, -0.15) is 0 Å². The molecule has 11 aromatic rings. The molecule has 0 radical (unpaired) electrons. The molecule has 10 aromatic carbocycles. The van der Waals surface area contributed by atoms with Gasteiger partial charge in [0, 0.05) is 44.1 Å². The highest BCUT2D eigenvalue weighted by Gasteiger charge is 2.41. The van der Waals surface area contributed by atoms with Crippen LogP contribution in [0.25, 0.3) is 77.2 Å². The summed E-state index contributed by atoms with van der Waals surface area (Å²) in [6, 6.07) is 80.4. The van der Waals surface area contributed by atoms with E-state index in [0.29, 0.717) is 0 Å². The largest absolute Gasteiger partial charge is 0.455 e. The van der Waals surface area contributed by atoms with Gasteiger partial charge in [0.25, 0.3) is 0 Å². The Balaban J connectivity index is 0.959. The molecule has 308 valence electrons. The van der Waals surface area contributed by atoms with Gasteiger partial charge in [-0.25, -0.2) is 0 Å². The highest BCUT2D eigenvalue weighted by atomic mass is 16.3. The average Bonchev–Trinajstić information content (AvgIpc) is 3.96. The van der Waals surface area contributed by atoms with E-state index in [-0.39, 0.29) is 10.8 Å². The zero-order chi connectivity index (χ0) is 43.4. The minimum absolute atomic E-state index is 0.108. The molecule has 0 aliphatic heterocycles. The molecule has 65 heavy (non-hydrogen) atoms. The number of fused-ring (bicyclic) bond motifs is 11. The first kappa shape index (κ1) is 37.6. The fourth-order valence-corrected chi connectivity index (χ4v) is 11.6. The normalized spacial score (nSPS) is 15.5. The van der Waals surface area contributed by atoms with Gasteiger partial charge in [-0.15, -0.1) is 0 Å². The molecule has 0 N–H and O–H groups in total. The topological polar surface area (TPSA) is 16.4 Å². The molecule has 2 heteroatoms. The van der Waals surface area contributed by atoms with Crippen LogP contribution >= 0.6 is 0 Å². The summed E-state index contributed by atoms with van der Waals surface area (Å²) in [5.74, 6) is 0. The van der Waals surface area contributed by atoms with E-state index in [1.807, 2.05) is 0 Å². The summed E-state index contributed by atoms with van der Waals surface area (Å²) < 4.78 is 6.60. The van der Waals surface area contributed by atoms with Crippen molar-refractivity contribution in [3.05, 3.63) is 246 Å². The van der Waals surface area contributed by atoms with Crippen LogP contribution in [0.4, 0.5) is 17.1 Å². The van der Waals surface area contributed by atoms with Crippen molar-refractivity contribution in [2.75, 3.05) is 4.90 Å². The quantitative estimate of drug-likeness (QED) is 0.166. The van der Waals surface area contributed by atoms with E-state index in [1.54, 1.807) is 0 Å². The maximum atomic E-state index is 6.60. The van der Waals surface area contributed by atoms with Gasteiger partial charge in [-0.3, -0.25) is 0 Å². The molecule has 0 bridgehead atoms. The lowest BCUT2D eigenvalue weighted by atomic mass is 9.74. The fourth-order valence-electron chi connectivity index (χ4n) is 11.6. The Morgan fingerprint density at radius 2 is 0.954 bits per heavy atom. The molecule has 1 heterocycles. The molecule has 2 nitrogen and oxygen atoms in total. The third-order valence-corrected chi connectivity index (χ3v) is 14.7. The Morgan fingerprint density at radius 1 is 0.385 bits per heavy atom. The van der Waals surface area contributed by atoms with E-state index < -0.39 is 0 Å². The lowest BCUT2D eigenvalue weighted by Gasteiger charge is -2.31. The van der Waals surface area contributed by atoms with Crippen LogP contribution in [0.5, 0.6) is 0 Å². The van der Waals surface area contributed by atoms with Crippen molar-refractivity contribution in [3.63, 3.8) is 0 Å². The zero-order valence-corrected chi connectivity index (χ0v) is 36.6. The van der Waals surface area contributed by atoms with E-state index in [2.05, 4.69) is 244 Å². The number of hydrogen-bond acceptors (Lipinski definition) is 2. The second-order valence-corrected chi connectivity index (χ2v) is 18.5. The summed E-state index contributed by atoms with van der Waals surface area (Å²) in [6.45, 7) is 7.13. The van der Waals surface area contributed by atoms with Crippen molar-refractivity contribution < 1.29 is 4.42 Å². The van der Waals surface area contributed by atoms with Crippen LogP contribution in [0, 0.1) is 0 Å². The number of nitrogens with zero attached hydrogens (tertiary/aromatic N) is 1. The number of furan rings is 1. The van der Waals surface area contributed by atoms with Crippen LogP contribution < -0.4 is 4.90 Å². The van der Waals surface area contributed by atoms with Crippen molar-refractivity contribution in [1.29, 1.82) is 0 Å². The van der Waals surface area contributed by atoms with E-state index in [0.717, 1.165) is 55.5 Å². The van der Waals surface area contributed by atoms with Gasteiger partial charge < -0.3 is 9.32 Å². The smallest absolute Gasteiger partial charge is 0.143 e. The summed E-state index contributed by atoms with van der Waals surface area (Å²) in [5, 5.41) is 4.60. The van der Waals surface area contributed by atoms with Gasteiger partial charge in [-0.1, -0.05) is 184 Å². The number of hydrogen-bond donors (Lipinski definition) is 0. The maximum absolute atomic E-state index is 6.60. The standard InChI is InChI=1S/C63H45NO/c1-62(2)55-24-11-9-20-51(55)53-23-13-22-48(60(53)62)42-29-34-45(35-30-42)64(46-36-38-52-50-19-10-12-25-56(50)63(3,57(52)39-46)43-16-5-4-6-17-43)44-32-27-41(28-33-44)47-21-14-26-58-59(47)54-37-31-40-15-7-8-18-49(40)61(54)65-58/h4-39H,1-3H3. The van der Waals surface area contributed by atoms with Crippen molar-refractivity contribution in [2.24, 2.45) is 0 Å². The van der Waals surface area contributed by atoms with Gasteiger partial charge in [-0.05, 0) is 133 Å². The van der Waals surface area contributed by atoms with Gasteiger partial charge in [0.05, 0.1) is 0 Å². The first-order valence-electron chi connectivity index (χ1n) is 22.8. The molecule has 0 saturated carbocycles. The average molecular weight is 832 g/mol. The molecule has 2 aliphatic carbocycles. The molecule has 13 rings (SSSR count). The molecule has 1 aromatic heterocycles. The molecule has 2 aliphatic rings. The highest BCUT2D eigenvalue weighted by molar-refractivity contribution is 6.19. The van der Waals surface area contributed by atoms with Crippen LogP contribution in [0.1, 0.15) is 48.6 Å². The lowest BCUT2D eigenvalue weighted by Crippen LogP contribution is -2.22. The van der Waals surface area contributed by atoms with Crippen molar-refractivity contribution >= 4 is 49.8 Å². The van der Waals surface area contributed by atoms with Crippen LogP contribution in [0.3, 0.4) is 0 Å².